The Morgan fingerprint density at radius 2 is 0.255 bits per heavy atom. The molecule has 8 aromatic carbocycles. The average Bonchev–Trinajstić information content (AvgIpc) is 3.22. The van der Waals surface area contributed by atoms with Crippen molar-refractivity contribution in [3.05, 3.63) is 243 Å². The quantitative estimate of drug-likeness (QED) is 0.163. The molecule has 55 heavy (non-hydrogen) atoms. The van der Waals surface area contributed by atoms with E-state index in [0.717, 1.165) is 34.3 Å². The van der Waals surface area contributed by atoms with Gasteiger partial charge in [0.25, 0.3) is 0 Å². The van der Waals surface area contributed by atoms with Gasteiger partial charge < -0.3 is 24.8 Å². The molecule has 0 saturated heterocycles. The standard InChI is InChI=1S/4C12H11P.2ClH.Pd/c4*1-3-7-11(8-4-1)13-12-9-5-2-6-10-12;;;/h4*1-10,13H;2*1H;/q;;;;;;+2/p-2. The van der Waals surface area contributed by atoms with Gasteiger partial charge in [-0.3, -0.25) is 0 Å². The Kier molecular flexibility index (Phi) is 26.1. The zero-order valence-corrected chi connectivity index (χ0v) is 37.2. The molecule has 280 valence electrons. The second-order valence-corrected chi connectivity index (χ2v) is 17.0. The van der Waals surface area contributed by atoms with E-state index in [9.17, 15) is 0 Å². The zero-order chi connectivity index (χ0) is 35.7. The molecule has 0 heterocycles. The molecule has 0 unspecified atom stereocenters. The van der Waals surface area contributed by atoms with Crippen molar-refractivity contribution in [1.29, 1.82) is 0 Å². The van der Waals surface area contributed by atoms with Gasteiger partial charge in [-0.15, -0.1) is 0 Å². The van der Waals surface area contributed by atoms with Crippen LogP contribution < -0.4 is 67.3 Å². The molecular weight excluding hydrogens is 878 g/mol. The molecule has 0 aliphatic heterocycles. The molecule has 0 aliphatic rings. The van der Waals surface area contributed by atoms with Gasteiger partial charge in [0.05, 0.1) is 0 Å². The summed E-state index contributed by atoms with van der Waals surface area (Å²) in [6, 6.07) is 84.6. The summed E-state index contributed by atoms with van der Waals surface area (Å²) in [5.41, 5.74) is 0. The zero-order valence-electron chi connectivity index (χ0n) is 30.2. The van der Waals surface area contributed by atoms with Crippen molar-refractivity contribution in [1.82, 2.24) is 0 Å². The predicted molar refractivity (Wildman–Crippen MR) is 242 cm³/mol. The Hall–Kier alpha value is -3.28. The van der Waals surface area contributed by atoms with Crippen molar-refractivity contribution in [2.24, 2.45) is 0 Å². The van der Waals surface area contributed by atoms with E-state index in [4.69, 9.17) is 0 Å². The van der Waals surface area contributed by atoms with Crippen molar-refractivity contribution >= 4 is 76.8 Å². The Bertz CT molecular complexity index is 1590. The summed E-state index contributed by atoms with van der Waals surface area (Å²) in [7, 11) is 3.11. The Labute approximate surface area is 362 Å². The van der Waals surface area contributed by atoms with Gasteiger partial charge in [0, 0.05) is 0 Å². The molecule has 0 spiro atoms. The summed E-state index contributed by atoms with van der Waals surface area (Å²) in [4.78, 5) is 0. The maximum absolute atomic E-state index is 2.17. The van der Waals surface area contributed by atoms with E-state index >= 15 is 0 Å². The molecule has 0 bridgehead atoms. The van der Waals surface area contributed by atoms with Crippen LogP contribution in [0.1, 0.15) is 0 Å². The van der Waals surface area contributed by atoms with Crippen molar-refractivity contribution < 1.29 is 45.2 Å². The minimum absolute atomic E-state index is 0. The van der Waals surface area contributed by atoms with E-state index in [2.05, 4.69) is 243 Å². The van der Waals surface area contributed by atoms with Crippen LogP contribution in [-0.2, 0) is 20.4 Å². The monoisotopic (exact) mass is 920 g/mol. The predicted octanol–water partition coefficient (Wildman–Crippen LogP) is 3.27. The molecule has 0 nitrogen and oxygen atoms in total. The summed E-state index contributed by atoms with van der Waals surface area (Å²) in [5, 5.41) is 11.2. The number of hydrogen-bond donors (Lipinski definition) is 0. The molecule has 0 aliphatic carbocycles. The molecule has 0 saturated carbocycles. The van der Waals surface area contributed by atoms with Crippen LogP contribution in [0.3, 0.4) is 0 Å². The van der Waals surface area contributed by atoms with Gasteiger partial charge in [-0.25, -0.2) is 0 Å². The summed E-state index contributed by atoms with van der Waals surface area (Å²) in [5.74, 6) is 0. The van der Waals surface area contributed by atoms with E-state index in [0.29, 0.717) is 0 Å². The Morgan fingerprint density at radius 1 is 0.164 bits per heavy atom. The van der Waals surface area contributed by atoms with Gasteiger partial charge in [0.15, 0.2) is 0 Å². The van der Waals surface area contributed by atoms with Crippen LogP contribution in [0.2, 0.25) is 0 Å². The minimum Gasteiger partial charge on any atom is -1.00 e. The first-order valence-electron chi connectivity index (χ1n) is 17.3. The fraction of sp³-hybridized carbons (Fsp3) is 0. The van der Waals surface area contributed by atoms with E-state index in [1.165, 1.54) is 42.4 Å². The van der Waals surface area contributed by atoms with Gasteiger partial charge in [0.2, 0.25) is 0 Å². The van der Waals surface area contributed by atoms with Gasteiger partial charge in [-0.05, 0) is 42.4 Å². The molecule has 0 amide bonds. The smallest absolute Gasteiger partial charge is 1.00 e. The van der Waals surface area contributed by atoms with Crippen LogP contribution in [0.4, 0.5) is 0 Å². The van der Waals surface area contributed by atoms with Gasteiger partial charge >= 0.3 is 20.4 Å². The van der Waals surface area contributed by atoms with E-state index in [1.54, 1.807) is 0 Å². The summed E-state index contributed by atoms with van der Waals surface area (Å²) < 4.78 is 0. The fourth-order valence-corrected chi connectivity index (χ4v) is 9.04. The maximum atomic E-state index is 2.17. The third-order valence-corrected chi connectivity index (χ3v) is 12.3. The van der Waals surface area contributed by atoms with Gasteiger partial charge in [-0.2, -0.15) is 0 Å². The van der Waals surface area contributed by atoms with Crippen LogP contribution >= 0.6 is 34.3 Å². The van der Waals surface area contributed by atoms with Crippen LogP contribution in [0.15, 0.2) is 243 Å². The minimum atomic E-state index is 0. The van der Waals surface area contributed by atoms with Crippen molar-refractivity contribution in [3.8, 4) is 0 Å². The van der Waals surface area contributed by atoms with Crippen molar-refractivity contribution in [3.63, 3.8) is 0 Å². The molecule has 0 N–H and O–H groups in total. The maximum Gasteiger partial charge on any atom is 2.00 e. The number of benzene rings is 8. The first-order chi connectivity index (χ1) is 25.8. The molecule has 0 aromatic heterocycles. The first kappa shape index (κ1) is 47.9. The third kappa shape index (κ3) is 20.5. The summed E-state index contributed by atoms with van der Waals surface area (Å²) in [6.07, 6.45) is 0. The number of halogens is 2. The molecule has 8 rings (SSSR count). The van der Waals surface area contributed by atoms with Crippen molar-refractivity contribution in [2.75, 3.05) is 0 Å². The normalized spacial score (nSPS) is 9.31. The average molecular weight is 922 g/mol. The Balaban J connectivity index is 0.000000249. The van der Waals surface area contributed by atoms with E-state index in [1.807, 2.05) is 0 Å². The second kappa shape index (κ2) is 29.9. The van der Waals surface area contributed by atoms with Crippen LogP contribution in [0.25, 0.3) is 0 Å². The number of rotatable bonds is 8. The SMILES string of the molecule is [Cl-].[Cl-].[Pd+2].c1ccc(Pc2ccccc2)cc1.c1ccc(Pc2ccccc2)cc1.c1ccc(Pc2ccccc2)cc1.c1ccc(Pc2ccccc2)cc1. The summed E-state index contributed by atoms with van der Waals surface area (Å²) in [6.45, 7) is 0. The van der Waals surface area contributed by atoms with Crippen LogP contribution in [0.5, 0.6) is 0 Å². The fourth-order valence-electron chi connectivity index (χ4n) is 4.84. The van der Waals surface area contributed by atoms with E-state index < -0.39 is 0 Å². The molecule has 0 fully saturated rings. The van der Waals surface area contributed by atoms with Crippen molar-refractivity contribution in [2.45, 2.75) is 0 Å². The molecule has 0 radical (unpaired) electrons. The molecular formula is C48H44Cl2P4Pd. The van der Waals surface area contributed by atoms with Gasteiger partial charge in [0.1, 0.15) is 0 Å². The second-order valence-electron chi connectivity index (χ2n) is 11.4. The van der Waals surface area contributed by atoms with Crippen LogP contribution in [0, 0.1) is 0 Å². The van der Waals surface area contributed by atoms with Crippen LogP contribution in [-0.4, -0.2) is 0 Å². The van der Waals surface area contributed by atoms with E-state index in [-0.39, 0.29) is 45.2 Å². The largest absolute Gasteiger partial charge is 2.00 e. The Morgan fingerprint density at radius 3 is 0.345 bits per heavy atom. The number of hydrogen-bond acceptors (Lipinski definition) is 0. The van der Waals surface area contributed by atoms with Gasteiger partial charge in [-0.1, -0.05) is 277 Å². The summed E-state index contributed by atoms with van der Waals surface area (Å²) >= 11 is 0. The molecule has 7 heteroatoms. The third-order valence-electron chi connectivity index (χ3n) is 7.35. The topological polar surface area (TPSA) is 0 Å². The first-order valence-corrected chi connectivity index (χ1v) is 21.3. The molecule has 0 atom stereocenters. The molecule has 8 aromatic rings.